The number of fused-ring (bicyclic) bond motifs is 2. The minimum Gasteiger partial charge on any atom is -0.319 e. The molecule has 0 saturated heterocycles. The third kappa shape index (κ3) is 4.59. The van der Waals surface area contributed by atoms with Crippen LogP contribution in [-0.2, 0) is 16.6 Å². The van der Waals surface area contributed by atoms with Gasteiger partial charge in [-0.1, -0.05) is 84.4 Å². The number of rotatable bonds is 6. The van der Waals surface area contributed by atoms with Crippen molar-refractivity contribution in [1.82, 2.24) is 9.55 Å². The number of anilines is 1. The van der Waals surface area contributed by atoms with E-state index in [9.17, 15) is 8.42 Å². The predicted octanol–water partition coefficient (Wildman–Crippen LogP) is 7.01. The van der Waals surface area contributed by atoms with Gasteiger partial charge in [-0.2, -0.15) is 0 Å². The van der Waals surface area contributed by atoms with Gasteiger partial charge < -0.3 is 4.57 Å². The third-order valence-corrected chi connectivity index (χ3v) is 7.90. The van der Waals surface area contributed by atoms with Crippen molar-refractivity contribution in [2.75, 3.05) is 4.72 Å². The van der Waals surface area contributed by atoms with Gasteiger partial charge >= 0.3 is 0 Å². The van der Waals surface area contributed by atoms with Crippen LogP contribution in [0.15, 0.2) is 120 Å². The van der Waals surface area contributed by atoms with E-state index in [1.807, 2.05) is 66.7 Å². The van der Waals surface area contributed by atoms with Crippen LogP contribution in [0.3, 0.4) is 0 Å². The van der Waals surface area contributed by atoms with Crippen molar-refractivity contribution in [3.05, 3.63) is 126 Å². The fourth-order valence-corrected chi connectivity index (χ4v) is 5.69. The van der Waals surface area contributed by atoms with Gasteiger partial charge in [0.25, 0.3) is 10.0 Å². The Balaban J connectivity index is 1.37. The predicted molar refractivity (Wildman–Crippen MR) is 150 cm³/mol. The van der Waals surface area contributed by atoms with Gasteiger partial charge in [-0.05, 0) is 59.7 Å². The second-order valence-electron chi connectivity index (χ2n) is 9.19. The number of aryl methyl sites for hydroxylation is 1. The number of imidazole rings is 1. The summed E-state index contributed by atoms with van der Waals surface area (Å²) >= 11 is 0. The number of nitrogens with one attached hydrogen (secondary N) is 1. The molecule has 6 heteroatoms. The first kappa shape index (κ1) is 23.0. The molecule has 37 heavy (non-hydrogen) atoms. The first-order valence-electron chi connectivity index (χ1n) is 12.1. The lowest BCUT2D eigenvalue weighted by molar-refractivity contribution is 0.601. The molecule has 0 atom stereocenters. The van der Waals surface area contributed by atoms with Crippen LogP contribution in [-0.4, -0.2) is 18.0 Å². The summed E-state index contributed by atoms with van der Waals surface area (Å²) in [6, 6.07) is 36.8. The van der Waals surface area contributed by atoms with E-state index in [0.29, 0.717) is 12.2 Å². The van der Waals surface area contributed by atoms with Gasteiger partial charge in [0.15, 0.2) is 0 Å². The Bertz CT molecular complexity index is 1860. The van der Waals surface area contributed by atoms with Gasteiger partial charge in [-0.3, -0.25) is 4.72 Å². The Labute approximate surface area is 216 Å². The summed E-state index contributed by atoms with van der Waals surface area (Å²) in [5.74, 6) is 0.786. The molecule has 6 rings (SSSR count). The molecule has 0 amide bonds. The van der Waals surface area contributed by atoms with Gasteiger partial charge in [0.05, 0.1) is 15.9 Å². The zero-order valence-electron chi connectivity index (χ0n) is 20.3. The molecule has 0 aliphatic rings. The maximum Gasteiger partial charge on any atom is 0.261 e. The number of hydrogen-bond donors (Lipinski definition) is 1. The second kappa shape index (κ2) is 9.22. The van der Waals surface area contributed by atoms with E-state index >= 15 is 0 Å². The summed E-state index contributed by atoms with van der Waals surface area (Å²) in [6.45, 7) is 2.73. The third-order valence-electron chi connectivity index (χ3n) is 6.52. The van der Waals surface area contributed by atoms with Crippen LogP contribution in [0.5, 0.6) is 0 Å². The summed E-state index contributed by atoms with van der Waals surface area (Å²) < 4.78 is 31.4. The number of aromatic nitrogens is 2. The maximum atomic E-state index is 13.2. The zero-order valence-corrected chi connectivity index (χ0v) is 21.1. The molecule has 0 unspecified atom stereocenters. The van der Waals surface area contributed by atoms with E-state index in [4.69, 9.17) is 4.98 Å². The Kier molecular flexibility index (Phi) is 5.74. The largest absolute Gasteiger partial charge is 0.319 e. The monoisotopic (exact) mass is 503 g/mol. The summed E-state index contributed by atoms with van der Waals surface area (Å²) in [5, 5.41) is 1.87. The first-order chi connectivity index (χ1) is 18.0. The highest BCUT2D eigenvalue weighted by molar-refractivity contribution is 7.92. The van der Waals surface area contributed by atoms with Gasteiger partial charge in [0, 0.05) is 17.8 Å². The van der Waals surface area contributed by atoms with Crippen LogP contribution in [0.2, 0.25) is 0 Å². The van der Waals surface area contributed by atoms with Crippen LogP contribution in [0.1, 0.15) is 11.1 Å². The number of benzene rings is 5. The van der Waals surface area contributed by atoms with Crippen molar-refractivity contribution in [1.29, 1.82) is 0 Å². The lowest BCUT2D eigenvalue weighted by Crippen LogP contribution is -2.13. The van der Waals surface area contributed by atoms with E-state index < -0.39 is 10.0 Å². The van der Waals surface area contributed by atoms with Crippen molar-refractivity contribution < 1.29 is 8.42 Å². The molecule has 0 aliphatic heterocycles. The van der Waals surface area contributed by atoms with E-state index in [0.717, 1.165) is 33.2 Å². The van der Waals surface area contributed by atoms with Crippen molar-refractivity contribution in [3.8, 4) is 11.4 Å². The molecule has 5 nitrogen and oxygen atoms in total. The van der Waals surface area contributed by atoms with E-state index in [2.05, 4.69) is 46.5 Å². The minimum atomic E-state index is -3.77. The SMILES string of the molecule is Cc1ccc(Cn2c(-c3cccc(NS(=O)(=O)c4ccc5ccccc5c4)c3)nc3ccccc32)cc1. The average Bonchev–Trinajstić information content (AvgIpc) is 3.28. The number of para-hydroxylation sites is 2. The van der Waals surface area contributed by atoms with Crippen LogP contribution >= 0.6 is 0 Å². The van der Waals surface area contributed by atoms with E-state index in [1.165, 1.54) is 11.1 Å². The fraction of sp³-hybridized carbons (Fsp3) is 0.0645. The summed E-state index contributed by atoms with van der Waals surface area (Å²) in [5.41, 5.74) is 5.63. The highest BCUT2D eigenvalue weighted by Gasteiger charge is 2.17. The molecule has 1 aromatic heterocycles. The van der Waals surface area contributed by atoms with Crippen LogP contribution in [0, 0.1) is 6.92 Å². The number of hydrogen-bond acceptors (Lipinski definition) is 3. The molecule has 0 saturated carbocycles. The van der Waals surface area contributed by atoms with Gasteiger partial charge in [0.1, 0.15) is 5.82 Å². The normalized spacial score (nSPS) is 11.7. The molecular weight excluding hydrogens is 478 g/mol. The Hall–Kier alpha value is -4.42. The molecule has 6 aromatic rings. The highest BCUT2D eigenvalue weighted by Crippen LogP contribution is 2.29. The van der Waals surface area contributed by atoms with E-state index in [1.54, 1.807) is 18.2 Å². The molecule has 182 valence electrons. The minimum absolute atomic E-state index is 0.225. The Morgan fingerprint density at radius 2 is 1.51 bits per heavy atom. The van der Waals surface area contributed by atoms with Crippen molar-refractivity contribution in [2.24, 2.45) is 0 Å². The number of sulfonamides is 1. The lowest BCUT2D eigenvalue weighted by atomic mass is 10.1. The molecule has 0 fully saturated rings. The molecule has 1 N–H and O–H groups in total. The molecule has 0 aliphatic carbocycles. The summed E-state index contributed by atoms with van der Waals surface area (Å²) in [6.07, 6.45) is 0. The fourth-order valence-electron chi connectivity index (χ4n) is 4.60. The highest BCUT2D eigenvalue weighted by atomic mass is 32.2. The zero-order chi connectivity index (χ0) is 25.4. The molecule has 0 spiro atoms. The molecule has 1 heterocycles. The molecule has 0 bridgehead atoms. The smallest absolute Gasteiger partial charge is 0.261 e. The lowest BCUT2D eigenvalue weighted by Gasteiger charge is -2.12. The molecule has 0 radical (unpaired) electrons. The van der Waals surface area contributed by atoms with Crippen LogP contribution in [0.4, 0.5) is 5.69 Å². The van der Waals surface area contributed by atoms with Gasteiger partial charge in [0.2, 0.25) is 0 Å². The second-order valence-corrected chi connectivity index (χ2v) is 10.9. The van der Waals surface area contributed by atoms with Crippen molar-refractivity contribution in [2.45, 2.75) is 18.4 Å². The van der Waals surface area contributed by atoms with E-state index in [-0.39, 0.29) is 4.90 Å². The van der Waals surface area contributed by atoms with Crippen LogP contribution in [0.25, 0.3) is 33.2 Å². The topological polar surface area (TPSA) is 64.0 Å². The van der Waals surface area contributed by atoms with Crippen molar-refractivity contribution in [3.63, 3.8) is 0 Å². The summed E-state index contributed by atoms with van der Waals surface area (Å²) in [4.78, 5) is 5.14. The Morgan fingerprint density at radius 3 is 2.35 bits per heavy atom. The Morgan fingerprint density at radius 1 is 0.757 bits per heavy atom. The van der Waals surface area contributed by atoms with Gasteiger partial charge in [-0.15, -0.1) is 0 Å². The molecular formula is C31H25N3O2S. The number of nitrogens with zero attached hydrogens (tertiary/aromatic N) is 2. The van der Waals surface area contributed by atoms with Crippen LogP contribution < -0.4 is 4.72 Å². The molecule has 5 aromatic carbocycles. The average molecular weight is 504 g/mol. The van der Waals surface area contributed by atoms with Crippen molar-refractivity contribution >= 4 is 37.5 Å². The summed E-state index contributed by atoms with van der Waals surface area (Å²) in [7, 11) is -3.77. The van der Waals surface area contributed by atoms with Gasteiger partial charge in [-0.25, -0.2) is 13.4 Å². The standard InChI is InChI=1S/C31H25N3O2S/c1-22-13-15-23(16-14-22)21-34-30-12-5-4-11-29(30)32-31(34)26-9-6-10-27(19-26)33-37(35,36)28-18-17-24-7-2-3-8-25(24)20-28/h2-20,33H,21H2,1H3. The first-order valence-corrected chi connectivity index (χ1v) is 13.6. The quantitative estimate of drug-likeness (QED) is 0.266. The maximum absolute atomic E-state index is 13.2.